The number of rotatable bonds is 6. The maximum atomic E-state index is 12.0. The first kappa shape index (κ1) is 16.5. The van der Waals surface area contributed by atoms with Crippen molar-refractivity contribution in [1.29, 1.82) is 0 Å². The Morgan fingerprint density at radius 1 is 1.35 bits per heavy atom. The van der Waals surface area contributed by atoms with E-state index in [-0.39, 0.29) is 12.5 Å². The second-order valence-electron chi connectivity index (χ2n) is 6.02. The molecule has 0 heterocycles. The van der Waals surface area contributed by atoms with Gasteiger partial charge in [0.1, 0.15) is 5.75 Å². The maximum Gasteiger partial charge on any atom is 0.261 e. The summed E-state index contributed by atoms with van der Waals surface area (Å²) in [5.41, 5.74) is 0.528. The van der Waals surface area contributed by atoms with Gasteiger partial charge in [0.05, 0.1) is 12.1 Å². The second kappa shape index (κ2) is 6.75. The number of amides is 1. The largest absolute Gasteiger partial charge is 0.481 e. The third-order valence-electron chi connectivity index (χ3n) is 3.06. The van der Waals surface area contributed by atoms with Crippen molar-refractivity contribution in [2.75, 3.05) is 6.61 Å². The molecule has 0 radical (unpaired) electrons. The summed E-state index contributed by atoms with van der Waals surface area (Å²) in [6.07, 6.45) is -0.608. The minimum absolute atomic E-state index is 0.117. The first-order valence-corrected chi connectivity index (χ1v) is 6.94. The zero-order valence-corrected chi connectivity index (χ0v) is 12.9. The quantitative estimate of drug-likeness (QED) is 0.841. The molecule has 0 bridgehead atoms. The molecule has 1 aromatic carbocycles. The lowest BCUT2D eigenvalue weighted by atomic mass is 10.0. The van der Waals surface area contributed by atoms with E-state index in [2.05, 4.69) is 19.2 Å². The number of nitrogens with one attached hydrogen (secondary N) is 1. The van der Waals surface area contributed by atoms with Crippen LogP contribution in [-0.4, -0.2) is 29.3 Å². The van der Waals surface area contributed by atoms with E-state index in [0.29, 0.717) is 11.7 Å². The Kier molecular flexibility index (Phi) is 5.57. The van der Waals surface area contributed by atoms with Gasteiger partial charge in [-0.2, -0.15) is 0 Å². The molecule has 0 saturated carbocycles. The Bertz CT molecular complexity index is 455. The number of carbonyl (C=O) groups excluding carboxylic acids is 1. The molecule has 1 atom stereocenters. The molecule has 2 N–H and O–H groups in total. The van der Waals surface area contributed by atoms with Crippen molar-refractivity contribution in [2.45, 2.75) is 52.2 Å². The molecular formula is C16H25NO3. The fourth-order valence-corrected chi connectivity index (χ4v) is 1.68. The normalized spacial score (nSPS) is 13.2. The van der Waals surface area contributed by atoms with Gasteiger partial charge in [0.15, 0.2) is 6.10 Å². The predicted octanol–water partition coefficient (Wildman–Crippen LogP) is 2.46. The Labute approximate surface area is 121 Å². The van der Waals surface area contributed by atoms with Crippen LogP contribution in [0.2, 0.25) is 0 Å². The molecule has 4 heteroatoms. The zero-order chi connectivity index (χ0) is 15.3. The van der Waals surface area contributed by atoms with Crippen LogP contribution in [0, 0.1) is 0 Å². The summed E-state index contributed by atoms with van der Waals surface area (Å²) >= 11 is 0. The van der Waals surface area contributed by atoms with E-state index in [0.717, 1.165) is 0 Å². The molecule has 0 aliphatic heterocycles. The lowest BCUT2D eigenvalue weighted by Gasteiger charge is -2.25. The fourth-order valence-electron chi connectivity index (χ4n) is 1.68. The number of aliphatic hydroxyl groups excluding tert-OH is 1. The number of benzene rings is 1. The molecule has 0 saturated heterocycles. The highest BCUT2D eigenvalue weighted by Crippen LogP contribution is 2.21. The molecule has 112 valence electrons. The maximum absolute atomic E-state index is 12.0. The molecule has 4 nitrogen and oxygen atoms in total. The lowest BCUT2D eigenvalue weighted by molar-refractivity contribution is -0.129. The summed E-state index contributed by atoms with van der Waals surface area (Å²) in [6.45, 7) is 9.32. The van der Waals surface area contributed by atoms with Gasteiger partial charge in [0, 0.05) is 0 Å². The summed E-state index contributed by atoms with van der Waals surface area (Å²) in [4.78, 5) is 12.0. The van der Waals surface area contributed by atoms with E-state index < -0.39 is 11.6 Å². The third kappa shape index (κ3) is 4.85. The molecular weight excluding hydrogens is 254 g/mol. The Morgan fingerprint density at radius 2 is 2.00 bits per heavy atom. The van der Waals surface area contributed by atoms with E-state index >= 15 is 0 Å². The van der Waals surface area contributed by atoms with E-state index in [4.69, 9.17) is 9.84 Å². The van der Waals surface area contributed by atoms with Gasteiger partial charge in [0.2, 0.25) is 0 Å². The van der Waals surface area contributed by atoms with Gasteiger partial charge in [-0.15, -0.1) is 0 Å². The van der Waals surface area contributed by atoms with Crippen LogP contribution in [0.5, 0.6) is 5.75 Å². The van der Waals surface area contributed by atoms with Crippen LogP contribution in [0.25, 0.3) is 0 Å². The fraction of sp³-hybridized carbons (Fsp3) is 0.562. The van der Waals surface area contributed by atoms with Crippen LogP contribution in [0.4, 0.5) is 0 Å². The van der Waals surface area contributed by atoms with Crippen LogP contribution >= 0.6 is 0 Å². The van der Waals surface area contributed by atoms with Gasteiger partial charge >= 0.3 is 0 Å². The molecule has 0 aromatic heterocycles. The van der Waals surface area contributed by atoms with Gasteiger partial charge in [0.25, 0.3) is 5.91 Å². The Hall–Kier alpha value is -1.55. The van der Waals surface area contributed by atoms with Gasteiger partial charge in [-0.3, -0.25) is 4.79 Å². The Morgan fingerprint density at radius 3 is 2.55 bits per heavy atom. The molecule has 1 amide bonds. The first-order valence-electron chi connectivity index (χ1n) is 6.94. The number of aliphatic hydroxyl groups is 1. The average Bonchev–Trinajstić information content (AvgIpc) is 2.38. The second-order valence-corrected chi connectivity index (χ2v) is 6.02. The van der Waals surface area contributed by atoms with E-state index in [1.807, 2.05) is 24.3 Å². The van der Waals surface area contributed by atoms with E-state index in [1.54, 1.807) is 20.8 Å². The zero-order valence-electron chi connectivity index (χ0n) is 12.9. The molecule has 1 rings (SSSR count). The first-order chi connectivity index (χ1) is 9.25. The highest BCUT2D eigenvalue weighted by molar-refractivity contribution is 5.81. The molecule has 0 spiro atoms. The van der Waals surface area contributed by atoms with Crippen molar-refractivity contribution in [3.8, 4) is 5.75 Å². The van der Waals surface area contributed by atoms with Gasteiger partial charge < -0.3 is 15.2 Å². The number of carbonyl (C=O) groups is 1. The van der Waals surface area contributed by atoms with E-state index in [1.165, 1.54) is 5.56 Å². The summed E-state index contributed by atoms with van der Waals surface area (Å²) in [5.74, 6) is 0.857. The van der Waals surface area contributed by atoms with Crippen LogP contribution in [-0.2, 0) is 4.79 Å². The monoisotopic (exact) mass is 279 g/mol. The standard InChI is InChI=1S/C16H25NO3/c1-11(2)13-7-6-8-14(9-13)20-12(3)15(19)17-16(4,5)10-18/h6-9,11-12,18H,10H2,1-5H3,(H,17,19). The van der Waals surface area contributed by atoms with Crippen molar-refractivity contribution in [3.63, 3.8) is 0 Å². The predicted molar refractivity (Wildman–Crippen MR) is 79.9 cm³/mol. The van der Waals surface area contributed by atoms with Crippen LogP contribution in [0.1, 0.15) is 46.1 Å². The number of hydrogen-bond acceptors (Lipinski definition) is 3. The van der Waals surface area contributed by atoms with Crippen LogP contribution in [0.3, 0.4) is 0 Å². The molecule has 0 fully saturated rings. The molecule has 0 aliphatic carbocycles. The van der Waals surface area contributed by atoms with Crippen molar-refractivity contribution >= 4 is 5.91 Å². The molecule has 1 unspecified atom stereocenters. The smallest absolute Gasteiger partial charge is 0.261 e. The third-order valence-corrected chi connectivity index (χ3v) is 3.06. The van der Waals surface area contributed by atoms with E-state index in [9.17, 15) is 4.79 Å². The molecule has 20 heavy (non-hydrogen) atoms. The summed E-state index contributed by atoms with van der Waals surface area (Å²) in [6, 6.07) is 7.75. The summed E-state index contributed by atoms with van der Waals surface area (Å²) in [5, 5.41) is 11.9. The lowest BCUT2D eigenvalue weighted by Crippen LogP contribution is -2.50. The summed E-state index contributed by atoms with van der Waals surface area (Å²) in [7, 11) is 0. The van der Waals surface area contributed by atoms with Gasteiger partial charge in [-0.1, -0.05) is 26.0 Å². The van der Waals surface area contributed by atoms with Crippen molar-refractivity contribution in [3.05, 3.63) is 29.8 Å². The average molecular weight is 279 g/mol. The summed E-state index contributed by atoms with van der Waals surface area (Å²) < 4.78 is 5.66. The highest BCUT2D eigenvalue weighted by atomic mass is 16.5. The van der Waals surface area contributed by atoms with Gasteiger partial charge in [-0.25, -0.2) is 0 Å². The SMILES string of the molecule is CC(Oc1cccc(C(C)C)c1)C(=O)NC(C)(C)CO. The van der Waals surface area contributed by atoms with Crippen molar-refractivity contribution in [2.24, 2.45) is 0 Å². The van der Waals surface area contributed by atoms with Crippen LogP contribution < -0.4 is 10.1 Å². The molecule has 0 aliphatic rings. The topological polar surface area (TPSA) is 58.6 Å². The van der Waals surface area contributed by atoms with Crippen molar-refractivity contribution < 1.29 is 14.6 Å². The minimum Gasteiger partial charge on any atom is -0.481 e. The number of ether oxygens (including phenoxy) is 1. The highest BCUT2D eigenvalue weighted by Gasteiger charge is 2.23. The van der Waals surface area contributed by atoms with Crippen LogP contribution in [0.15, 0.2) is 24.3 Å². The molecule has 1 aromatic rings. The Balaban J connectivity index is 2.68. The minimum atomic E-state index is -0.644. The van der Waals surface area contributed by atoms with Gasteiger partial charge in [-0.05, 0) is 44.4 Å². The number of hydrogen-bond donors (Lipinski definition) is 2. The van der Waals surface area contributed by atoms with Crippen molar-refractivity contribution in [1.82, 2.24) is 5.32 Å².